The molecule has 0 radical (unpaired) electrons. The van der Waals surface area contributed by atoms with E-state index < -0.39 is 10.5 Å². The van der Waals surface area contributed by atoms with Crippen molar-refractivity contribution < 1.29 is 9.34 Å². The Morgan fingerprint density at radius 1 is 1.03 bits per heavy atom. The Hall–Kier alpha value is -4.83. The molecule has 0 aliphatic carbocycles. The zero-order valence-electron chi connectivity index (χ0n) is 20.6. The summed E-state index contributed by atoms with van der Waals surface area (Å²) >= 11 is 3.48. The Morgan fingerprint density at radius 3 is 2.54 bits per heavy atom. The predicted octanol–water partition coefficient (Wildman–Crippen LogP) is 6.60. The van der Waals surface area contributed by atoms with Crippen molar-refractivity contribution in [1.82, 2.24) is 9.78 Å². The van der Waals surface area contributed by atoms with Gasteiger partial charge in [0, 0.05) is 33.8 Å². The lowest BCUT2D eigenvalue weighted by atomic mass is 10.0. The van der Waals surface area contributed by atoms with Gasteiger partial charge in [0.05, 0.1) is 34.1 Å². The van der Waals surface area contributed by atoms with Crippen molar-refractivity contribution in [3.8, 4) is 16.9 Å². The molecule has 192 valence electrons. The number of aromatic nitrogens is 2. The lowest BCUT2D eigenvalue weighted by molar-refractivity contribution is -0.384. The fourth-order valence-electron chi connectivity index (χ4n) is 4.46. The van der Waals surface area contributed by atoms with E-state index in [4.69, 9.17) is 9.52 Å². The summed E-state index contributed by atoms with van der Waals surface area (Å²) in [7, 11) is 0. The van der Waals surface area contributed by atoms with Gasteiger partial charge in [-0.2, -0.15) is 10.2 Å². The normalized spacial score (nSPS) is 14.3. The van der Waals surface area contributed by atoms with Gasteiger partial charge in [-0.3, -0.25) is 15.1 Å². The molecule has 1 aliphatic heterocycles. The standard InChI is InChI=1S/C29H20BrN5O4/c1-18-20(16-33(31-18)24-8-10-25(11-9-24)35(37)38)13-21-17-34(23-5-3-2-4-6-23)32-28(21)26-15-19-14-22(30)7-12-27(19)39-29(26)36/h2-15,17H,16H2,1H3/b20-13-. The summed E-state index contributed by atoms with van der Waals surface area (Å²) in [5, 5.41) is 23.0. The third-order valence-electron chi connectivity index (χ3n) is 6.46. The van der Waals surface area contributed by atoms with Crippen molar-refractivity contribution >= 4 is 50.1 Å². The molecule has 0 bridgehead atoms. The molecule has 10 heteroatoms. The zero-order valence-corrected chi connectivity index (χ0v) is 22.2. The van der Waals surface area contributed by atoms with Gasteiger partial charge in [0.1, 0.15) is 11.3 Å². The Bertz CT molecular complexity index is 1860. The molecule has 0 atom stereocenters. The van der Waals surface area contributed by atoms with Crippen LogP contribution in [0.2, 0.25) is 0 Å². The van der Waals surface area contributed by atoms with Crippen LogP contribution in [-0.4, -0.2) is 27.0 Å². The number of non-ortho nitro benzene ring substituents is 1. The van der Waals surface area contributed by atoms with Crippen molar-refractivity contribution in [3.63, 3.8) is 0 Å². The second kappa shape index (κ2) is 9.80. The van der Waals surface area contributed by atoms with E-state index in [-0.39, 0.29) is 5.69 Å². The lowest BCUT2D eigenvalue weighted by Gasteiger charge is -2.13. The van der Waals surface area contributed by atoms with Crippen LogP contribution < -0.4 is 10.6 Å². The van der Waals surface area contributed by atoms with Crippen LogP contribution in [0.4, 0.5) is 11.4 Å². The Morgan fingerprint density at radius 2 is 1.79 bits per heavy atom. The molecule has 0 spiro atoms. The van der Waals surface area contributed by atoms with Crippen LogP contribution in [0.5, 0.6) is 0 Å². The average Bonchev–Trinajstić information content (AvgIpc) is 3.52. The van der Waals surface area contributed by atoms with Crippen molar-refractivity contribution in [2.45, 2.75) is 6.92 Å². The third kappa shape index (κ3) is 4.77. The number of anilines is 1. The molecule has 0 unspecified atom stereocenters. The van der Waals surface area contributed by atoms with Crippen LogP contribution in [0, 0.1) is 10.1 Å². The second-order valence-corrected chi connectivity index (χ2v) is 9.94. The van der Waals surface area contributed by atoms with Crippen molar-refractivity contribution in [2.75, 3.05) is 11.6 Å². The van der Waals surface area contributed by atoms with Gasteiger partial charge in [-0.1, -0.05) is 34.1 Å². The van der Waals surface area contributed by atoms with Crippen LogP contribution in [0.3, 0.4) is 0 Å². The van der Waals surface area contributed by atoms with Crippen LogP contribution in [0.15, 0.2) is 109 Å². The first kappa shape index (κ1) is 24.5. The minimum atomic E-state index is -0.480. The van der Waals surface area contributed by atoms with E-state index in [2.05, 4.69) is 21.0 Å². The van der Waals surface area contributed by atoms with E-state index in [1.807, 2.05) is 61.7 Å². The summed E-state index contributed by atoms with van der Waals surface area (Å²) in [4.78, 5) is 23.7. The zero-order chi connectivity index (χ0) is 27.1. The number of fused-ring (bicyclic) bond motifs is 1. The fraction of sp³-hybridized carbons (Fsp3) is 0.0690. The molecular weight excluding hydrogens is 562 g/mol. The number of nitro groups is 1. The molecule has 0 fully saturated rings. The van der Waals surface area contributed by atoms with Gasteiger partial charge in [0.15, 0.2) is 0 Å². The monoisotopic (exact) mass is 581 g/mol. The second-order valence-electron chi connectivity index (χ2n) is 9.03. The highest BCUT2D eigenvalue weighted by molar-refractivity contribution is 9.10. The molecule has 9 nitrogen and oxygen atoms in total. The molecule has 0 saturated heterocycles. The first-order valence-electron chi connectivity index (χ1n) is 12.0. The number of hydrogen-bond acceptors (Lipinski definition) is 7. The highest BCUT2D eigenvalue weighted by atomic mass is 79.9. The summed E-state index contributed by atoms with van der Waals surface area (Å²) in [5.74, 6) is 0. The number of benzene rings is 3. The molecular formula is C29H20BrN5O4. The molecule has 6 rings (SSSR count). The Labute approximate surface area is 230 Å². The molecule has 0 N–H and O–H groups in total. The molecule has 0 amide bonds. The van der Waals surface area contributed by atoms with E-state index in [1.165, 1.54) is 12.1 Å². The van der Waals surface area contributed by atoms with Gasteiger partial charge in [-0.05, 0) is 67.1 Å². The Balaban J connectivity index is 1.44. The first-order chi connectivity index (χ1) is 18.9. The van der Waals surface area contributed by atoms with E-state index in [0.29, 0.717) is 23.4 Å². The summed E-state index contributed by atoms with van der Waals surface area (Å²) in [6.07, 6.45) is 3.85. The topological polar surface area (TPSA) is 107 Å². The minimum absolute atomic E-state index is 0.0219. The lowest BCUT2D eigenvalue weighted by Crippen LogP contribution is -2.13. The third-order valence-corrected chi connectivity index (χ3v) is 6.95. The van der Waals surface area contributed by atoms with Gasteiger partial charge in [-0.25, -0.2) is 9.48 Å². The highest BCUT2D eigenvalue weighted by Crippen LogP contribution is 2.30. The fourth-order valence-corrected chi connectivity index (χ4v) is 4.84. The van der Waals surface area contributed by atoms with E-state index in [0.717, 1.165) is 38.1 Å². The van der Waals surface area contributed by atoms with Crippen LogP contribution in [0.25, 0.3) is 34.0 Å². The number of para-hydroxylation sites is 1. The molecule has 0 saturated carbocycles. The predicted molar refractivity (Wildman–Crippen MR) is 154 cm³/mol. The molecule has 2 aromatic heterocycles. The quantitative estimate of drug-likeness (QED) is 0.131. The summed E-state index contributed by atoms with van der Waals surface area (Å²) < 4.78 is 8.25. The van der Waals surface area contributed by atoms with Crippen molar-refractivity contribution in [3.05, 3.63) is 121 Å². The van der Waals surface area contributed by atoms with Crippen LogP contribution >= 0.6 is 15.9 Å². The number of hydrazone groups is 1. The minimum Gasteiger partial charge on any atom is -0.422 e. The molecule has 3 heterocycles. The molecule has 5 aromatic rings. The number of nitro benzene ring substituents is 1. The van der Waals surface area contributed by atoms with Gasteiger partial charge in [0.2, 0.25) is 0 Å². The number of hydrogen-bond donors (Lipinski definition) is 0. The van der Waals surface area contributed by atoms with Gasteiger partial charge < -0.3 is 4.42 Å². The van der Waals surface area contributed by atoms with E-state index >= 15 is 0 Å². The number of halogens is 1. The van der Waals surface area contributed by atoms with Gasteiger partial charge in [-0.15, -0.1) is 0 Å². The van der Waals surface area contributed by atoms with Crippen molar-refractivity contribution in [2.24, 2.45) is 5.10 Å². The first-order valence-corrected chi connectivity index (χ1v) is 12.8. The maximum atomic E-state index is 13.1. The van der Waals surface area contributed by atoms with Crippen LogP contribution in [0.1, 0.15) is 12.5 Å². The average molecular weight is 582 g/mol. The molecule has 1 aliphatic rings. The Kier molecular flexibility index (Phi) is 6.16. The maximum Gasteiger partial charge on any atom is 0.345 e. The van der Waals surface area contributed by atoms with Gasteiger partial charge >= 0.3 is 5.63 Å². The van der Waals surface area contributed by atoms with Gasteiger partial charge in [0.25, 0.3) is 5.69 Å². The summed E-state index contributed by atoms with van der Waals surface area (Å²) in [6.45, 7) is 2.36. The summed E-state index contributed by atoms with van der Waals surface area (Å²) in [6, 6.07) is 23.2. The number of rotatable bonds is 5. The maximum absolute atomic E-state index is 13.1. The molecule has 3 aromatic carbocycles. The highest BCUT2D eigenvalue weighted by Gasteiger charge is 2.22. The van der Waals surface area contributed by atoms with Crippen LogP contribution in [-0.2, 0) is 0 Å². The SMILES string of the molecule is CC1=NN(c2ccc([N+](=O)[O-])cc2)C/C1=C/c1cn(-c2ccccc2)nc1-c1cc2cc(Br)ccc2oc1=O. The largest absolute Gasteiger partial charge is 0.422 e. The number of nitrogens with zero attached hydrogens (tertiary/aromatic N) is 5. The molecule has 39 heavy (non-hydrogen) atoms. The van der Waals surface area contributed by atoms with E-state index in [1.54, 1.807) is 34.0 Å². The van der Waals surface area contributed by atoms with E-state index in [9.17, 15) is 14.9 Å². The smallest absolute Gasteiger partial charge is 0.345 e. The van der Waals surface area contributed by atoms with Crippen molar-refractivity contribution in [1.29, 1.82) is 0 Å². The summed E-state index contributed by atoms with van der Waals surface area (Å²) in [5.41, 5.74) is 4.91.